The van der Waals surface area contributed by atoms with Gasteiger partial charge >= 0.3 is 0 Å². The highest BCUT2D eigenvalue weighted by atomic mass is 16.6. The highest BCUT2D eigenvalue weighted by Crippen LogP contribution is 2.55. The number of hydrogen-bond acceptors (Lipinski definition) is 6. The standard InChI is InChI=1S/2C13H20O3.CH4/c1-2-3-8-4-5-11-13(16-8)6-9(14-11)12-10(7-13)15-12;1-2-3-9-4-5-12-13(16-9)7-6-10(14)11(8-13)15-12;/h8-12H,2-7H2,1H3;6-7,9-12,14H,2-5,8H2,1H3;1H4/t8-,9+,10?,11-,12?,13+;9-,10?,11+,12-,13-;/m00./s1. The maximum Gasteiger partial charge on any atom is 0.115 e. The molecule has 5 heterocycles. The van der Waals surface area contributed by atoms with E-state index in [1.54, 1.807) is 0 Å². The van der Waals surface area contributed by atoms with Gasteiger partial charge in [0.15, 0.2) is 0 Å². The molecular weight excluding hydrogens is 420 g/mol. The Morgan fingerprint density at radius 3 is 2.15 bits per heavy atom. The first kappa shape index (κ1) is 24.2. The van der Waals surface area contributed by atoms with E-state index in [1.807, 2.05) is 12.2 Å². The topological polar surface area (TPSA) is 69.7 Å². The van der Waals surface area contributed by atoms with Crippen LogP contribution < -0.4 is 0 Å². The number of ether oxygens (including phenoxy) is 5. The first-order valence-electron chi connectivity index (χ1n) is 13.2. The number of epoxide rings is 1. The molecule has 0 aromatic rings. The van der Waals surface area contributed by atoms with E-state index in [1.165, 1.54) is 32.1 Å². The molecule has 6 heteroatoms. The van der Waals surface area contributed by atoms with Gasteiger partial charge in [0.25, 0.3) is 0 Å². The van der Waals surface area contributed by atoms with Crippen LogP contribution in [-0.4, -0.2) is 71.2 Å². The second-order valence-electron chi connectivity index (χ2n) is 11.2. The van der Waals surface area contributed by atoms with Crippen molar-refractivity contribution in [1.29, 1.82) is 0 Å². The van der Waals surface area contributed by atoms with Crippen molar-refractivity contribution in [2.24, 2.45) is 0 Å². The molecule has 5 aliphatic heterocycles. The zero-order valence-electron chi connectivity index (χ0n) is 19.6. The normalized spacial score (nSPS) is 52.5. The average Bonchev–Trinajstić information content (AvgIpc) is 3.37. The van der Waals surface area contributed by atoms with Crippen molar-refractivity contribution in [3.8, 4) is 0 Å². The Labute approximate surface area is 199 Å². The lowest BCUT2D eigenvalue weighted by Gasteiger charge is -2.42. The first-order chi connectivity index (χ1) is 15.5. The number of hydrogen-bond donors (Lipinski definition) is 1. The zero-order chi connectivity index (χ0) is 21.9. The lowest BCUT2D eigenvalue weighted by molar-refractivity contribution is -0.171. The molecule has 0 aromatic carbocycles. The van der Waals surface area contributed by atoms with Crippen LogP contribution in [0.1, 0.15) is 91.9 Å². The van der Waals surface area contributed by atoms with Gasteiger partial charge in [0.1, 0.15) is 11.7 Å². The van der Waals surface area contributed by atoms with Gasteiger partial charge < -0.3 is 28.8 Å². The Morgan fingerprint density at radius 2 is 1.42 bits per heavy atom. The molecule has 6 nitrogen and oxygen atoms in total. The highest BCUT2D eigenvalue weighted by molar-refractivity contribution is 5.21. The molecule has 0 radical (unpaired) electrons. The molecule has 1 N–H and O–H groups in total. The summed E-state index contributed by atoms with van der Waals surface area (Å²) >= 11 is 0. The van der Waals surface area contributed by atoms with Crippen molar-refractivity contribution in [2.75, 3.05) is 0 Å². The molecule has 0 amide bonds. The van der Waals surface area contributed by atoms with Crippen molar-refractivity contribution in [3.63, 3.8) is 0 Å². The van der Waals surface area contributed by atoms with Crippen molar-refractivity contribution >= 4 is 0 Å². The fourth-order valence-electron chi connectivity index (χ4n) is 7.30. The van der Waals surface area contributed by atoms with E-state index in [-0.39, 0.29) is 30.8 Å². The molecule has 33 heavy (non-hydrogen) atoms. The Kier molecular flexibility index (Phi) is 6.73. The molecule has 1 saturated carbocycles. The SMILES string of the molecule is C.CCC[C@H]1CC[C@@H]2O[C@@H]3C[C@]2(C=CC3O)O1.CCC[C@H]1CC[C@@H]2O[C@@H]3C[C@]2(CC2OC23)O1. The van der Waals surface area contributed by atoms with E-state index < -0.39 is 6.10 Å². The molecule has 0 aromatic heterocycles. The Morgan fingerprint density at radius 1 is 0.788 bits per heavy atom. The van der Waals surface area contributed by atoms with Gasteiger partial charge in [0, 0.05) is 19.3 Å². The van der Waals surface area contributed by atoms with Gasteiger partial charge in [0.05, 0.1) is 54.4 Å². The summed E-state index contributed by atoms with van der Waals surface area (Å²) in [6.45, 7) is 4.43. The van der Waals surface area contributed by atoms with Crippen LogP contribution in [0.3, 0.4) is 0 Å². The minimum absolute atomic E-state index is 0. The third kappa shape index (κ3) is 4.23. The van der Waals surface area contributed by atoms with Crippen molar-refractivity contribution < 1.29 is 28.8 Å². The summed E-state index contributed by atoms with van der Waals surface area (Å²) in [5.41, 5.74) is -0.192. The smallest absolute Gasteiger partial charge is 0.115 e. The predicted molar refractivity (Wildman–Crippen MR) is 125 cm³/mol. The summed E-state index contributed by atoms with van der Waals surface area (Å²) in [5.74, 6) is 0. The minimum atomic E-state index is -0.440. The third-order valence-electron chi connectivity index (χ3n) is 8.88. The Hall–Kier alpha value is -0.500. The summed E-state index contributed by atoms with van der Waals surface area (Å²) in [6, 6.07) is 0. The first-order valence-corrected chi connectivity index (χ1v) is 13.2. The lowest BCUT2D eigenvalue weighted by atomic mass is 9.78. The van der Waals surface area contributed by atoms with E-state index in [4.69, 9.17) is 23.7 Å². The Bertz CT molecular complexity index is 723. The fraction of sp³-hybridized carbons (Fsp3) is 0.926. The van der Waals surface area contributed by atoms with E-state index >= 15 is 0 Å². The quantitative estimate of drug-likeness (QED) is 0.489. The molecular formula is C27H44O6. The summed E-state index contributed by atoms with van der Waals surface area (Å²) in [5, 5.41) is 9.74. The van der Waals surface area contributed by atoms with E-state index in [0.29, 0.717) is 36.6 Å². The van der Waals surface area contributed by atoms with Crippen molar-refractivity contribution in [2.45, 2.75) is 158 Å². The third-order valence-corrected chi connectivity index (χ3v) is 8.88. The summed E-state index contributed by atoms with van der Waals surface area (Å²) < 4.78 is 30.3. The van der Waals surface area contributed by atoms with Gasteiger partial charge in [-0.15, -0.1) is 0 Å². The zero-order valence-corrected chi connectivity index (χ0v) is 19.6. The second-order valence-corrected chi connectivity index (χ2v) is 11.2. The van der Waals surface area contributed by atoms with E-state index in [2.05, 4.69) is 13.8 Å². The molecule has 7 aliphatic rings. The minimum Gasteiger partial charge on any atom is -0.386 e. The second kappa shape index (κ2) is 9.18. The molecule has 188 valence electrons. The van der Waals surface area contributed by atoms with Crippen LogP contribution in [0.5, 0.6) is 0 Å². The highest BCUT2D eigenvalue weighted by Gasteiger charge is 2.66. The molecule has 7 rings (SSSR count). The van der Waals surface area contributed by atoms with Crippen molar-refractivity contribution in [3.05, 3.63) is 12.2 Å². The van der Waals surface area contributed by atoms with Gasteiger partial charge in [-0.1, -0.05) is 46.3 Å². The average molecular weight is 465 g/mol. The molecule has 3 unspecified atom stereocenters. The van der Waals surface area contributed by atoms with Gasteiger partial charge in [-0.2, -0.15) is 0 Å². The fourth-order valence-corrected chi connectivity index (χ4v) is 7.30. The summed E-state index contributed by atoms with van der Waals surface area (Å²) in [6.07, 6.45) is 18.2. The number of aliphatic hydroxyl groups is 1. The van der Waals surface area contributed by atoms with Crippen LogP contribution in [0.2, 0.25) is 0 Å². The number of aliphatic hydroxyl groups excluding tert-OH is 1. The molecule has 11 atom stereocenters. The van der Waals surface area contributed by atoms with E-state index in [0.717, 1.165) is 38.5 Å². The van der Waals surface area contributed by atoms with Crippen LogP contribution in [0.25, 0.3) is 0 Å². The largest absolute Gasteiger partial charge is 0.386 e. The lowest BCUT2D eigenvalue weighted by Crippen LogP contribution is -2.50. The van der Waals surface area contributed by atoms with Gasteiger partial charge in [0.2, 0.25) is 0 Å². The maximum absolute atomic E-state index is 9.74. The summed E-state index contributed by atoms with van der Waals surface area (Å²) in [7, 11) is 0. The van der Waals surface area contributed by atoms with Gasteiger partial charge in [-0.25, -0.2) is 0 Å². The predicted octanol–water partition coefficient (Wildman–Crippen LogP) is 4.46. The molecule has 2 spiro atoms. The maximum atomic E-state index is 9.74. The Balaban J connectivity index is 0.000000134. The number of rotatable bonds is 4. The van der Waals surface area contributed by atoms with Gasteiger partial charge in [-0.05, 0) is 38.5 Å². The van der Waals surface area contributed by atoms with Crippen molar-refractivity contribution in [1.82, 2.24) is 0 Å². The van der Waals surface area contributed by atoms with Crippen LogP contribution in [0, 0.1) is 0 Å². The molecule has 6 fully saturated rings. The van der Waals surface area contributed by atoms with Crippen LogP contribution in [0.4, 0.5) is 0 Å². The van der Waals surface area contributed by atoms with E-state index in [9.17, 15) is 5.11 Å². The van der Waals surface area contributed by atoms with Crippen LogP contribution >= 0.6 is 0 Å². The monoisotopic (exact) mass is 464 g/mol. The van der Waals surface area contributed by atoms with Gasteiger partial charge in [-0.3, -0.25) is 0 Å². The molecule has 4 bridgehead atoms. The molecule has 2 aliphatic carbocycles. The summed E-state index contributed by atoms with van der Waals surface area (Å²) in [4.78, 5) is 0. The van der Waals surface area contributed by atoms with Crippen LogP contribution in [0.15, 0.2) is 12.2 Å². The van der Waals surface area contributed by atoms with Crippen LogP contribution in [-0.2, 0) is 23.7 Å². The molecule has 5 saturated heterocycles. The number of fused-ring (bicyclic) bond motifs is 4.